The molecule has 10 heteroatoms. The number of aromatic nitrogens is 1. The van der Waals surface area contributed by atoms with Crippen molar-refractivity contribution in [3.05, 3.63) is 54.0 Å². The smallest absolute Gasteiger partial charge is 0.276 e. The van der Waals surface area contributed by atoms with Gasteiger partial charge in [-0.05, 0) is 42.5 Å². The van der Waals surface area contributed by atoms with Crippen molar-refractivity contribution < 1.29 is 26.9 Å². The van der Waals surface area contributed by atoms with E-state index in [1.54, 1.807) is 4.90 Å². The molecule has 0 aliphatic carbocycles. The molecular weight excluding hydrogens is 389 g/mol. The van der Waals surface area contributed by atoms with Gasteiger partial charge in [0.2, 0.25) is 0 Å². The zero-order valence-electron chi connectivity index (χ0n) is 14.6. The molecule has 1 N–H and O–H groups in total. The number of fused-ring (bicyclic) bond motifs is 1. The van der Waals surface area contributed by atoms with Gasteiger partial charge in [-0.15, -0.1) is 0 Å². The van der Waals surface area contributed by atoms with Crippen LogP contribution in [-0.4, -0.2) is 50.7 Å². The van der Waals surface area contributed by atoms with Crippen molar-refractivity contribution in [2.45, 2.75) is 4.90 Å². The first kappa shape index (κ1) is 18.4. The van der Waals surface area contributed by atoms with Crippen LogP contribution in [0, 0.1) is 5.82 Å². The third kappa shape index (κ3) is 3.56. The van der Waals surface area contributed by atoms with Crippen LogP contribution in [0.1, 0.15) is 10.5 Å². The number of anilines is 1. The van der Waals surface area contributed by atoms with E-state index in [4.69, 9.17) is 9.26 Å². The molecular formula is C18H16FN3O5S. The normalized spacial score (nSPS) is 15.0. The number of hydrogen-bond acceptors (Lipinski definition) is 6. The van der Waals surface area contributed by atoms with Gasteiger partial charge >= 0.3 is 0 Å². The Morgan fingerprint density at radius 1 is 1.11 bits per heavy atom. The lowest BCUT2D eigenvalue weighted by molar-refractivity contribution is 0.0297. The molecule has 28 heavy (non-hydrogen) atoms. The van der Waals surface area contributed by atoms with Crippen LogP contribution in [0.25, 0.3) is 11.0 Å². The lowest BCUT2D eigenvalue weighted by Crippen LogP contribution is -2.40. The maximum absolute atomic E-state index is 13.0. The van der Waals surface area contributed by atoms with Crippen molar-refractivity contribution in [1.29, 1.82) is 0 Å². The number of rotatable bonds is 4. The van der Waals surface area contributed by atoms with Crippen molar-refractivity contribution >= 4 is 32.6 Å². The fourth-order valence-corrected chi connectivity index (χ4v) is 3.97. The lowest BCUT2D eigenvalue weighted by atomic mass is 10.2. The van der Waals surface area contributed by atoms with E-state index in [9.17, 15) is 17.6 Å². The fraction of sp³-hybridized carbons (Fsp3) is 0.222. The van der Waals surface area contributed by atoms with Gasteiger partial charge in [-0.25, -0.2) is 12.8 Å². The van der Waals surface area contributed by atoms with Gasteiger partial charge in [0.25, 0.3) is 15.9 Å². The number of nitrogens with zero attached hydrogens (tertiary/aromatic N) is 2. The summed E-state index contributed by atoms with van der Waals surface area (Å²) in [6.45, 7) is 1.72. The maximum Gasteiger partial charge on any atom is 0.276 e. The molecule has 4 rings (SSSR count). The predicted octanol–water partition coefficient (Wildman–Crippen LogP) is 2.24. The Balaban J connectivity index is 1.66. The van der Waals surface area contributed by atoms with Gasteiger partial charge in [0.1, 0.15) is 5.82 Å². The number of carbonyl (C=O) groups excluding carboxylic acids is 1. The quantitative estimate of drug-likeness (QED) is 0.714. The Kier molecular flexibility index (Phi) is 4.73. The third-order valence-corrected chi connectivity index (χ3v) is 5.73. The average Bonchev–Trinajstić information content (AvgIpc) is 3.13. The van der Waals surface area contributed by atoms with Crippen LogP contribution in [-0.2, 0) is 14.8 Å². The van der Waals surface area contributed by atoms with Gasteiger partial charge in [-0.2, -0.15) is 0 Å². The van der Waals surface area contributed by atoms with Crippen LogP contribution < -0.4 is 4.72 Å². The number of sulfonamides is 1. The largest absolute Gasteiger partial charge is 0.378 e. The number of halogens is 1. The molecule has 2 aromatic carbocycles. The van der Waals surface area contributed by atoms with Crippen LogP contribution in [0.15, 0.2) is 51.9 Å². The Bertz CT molecular complexity index is 1120. The first-order valence-corrected chi connectivity index (χ1v) is 9.97. The summed E-state index contributed by atoms with van der Waals surface area (Å²) in [4.78, 5) is 14.2. The molecule has 0 bridgehead atoms. The molecule has 2 heterocycles. The zero-order valence-corrected chi connectivity index (χ0v) is 15.4. The summed E-state index contributed by atoms with van der Waals surface area (Å²) in [7, 11) is -3.95. The Hall–Kier alpha value is -2.98. The third-order valence-electron chi connectivity index (χ3n) is 4.35. The van der Waals surface area contributed by atoms with Crippen LogP contribution in [0.3, 0.4) is 0 Å². The van der Waals surface area contributed by atoms with Crippen LogP contribution >= 0.6 is 0 Å². The standard InChI is InChI=1S/C18H16FN3O5S/c19-12-1-3-13(4-2-12)21-28(24,25)14-5-6-16-15(11-14)17(20-27-16)18(23)22-7-9-26-10-8-22/h1-6,11,21H,7-10H2. The Morgan fingerprint density at radius 2 is 1.82 bits per heavy atom. The summed E-state index contributed by atoms with van der Waals surface area (Å²) >= 11 is 0. The molecule has 1 fully saturated rings. The summed E-state index contributed by atoms with van der Waals surface area (Å²) in [6.07, 6.45) is 0. The summed E-state index contributed by atoms with van der Waals surface area (Å²) in [5.41, 5.74) is 0.574. The Morgan fingerprint density at radius 3 is 2.54 bits per heavy atom. The fourth-order valence-electron chi connectivity index (χ4n) is 2.89. The van der Waals surface area contributed by atoms with E-state index < -0.39 is 15.8 Å². The molecule has 0 radical (unpaired) electrons. The first-order valence-electron chi connectivity index (χ1n) is 8.49. The van der Waals surface area contributed by atoms with E-state index >= 15 is 0 Å². The molecule has 1 amide bonds. The highest BCUT2D eigenvalue weighted by Gasteiger charge is 2.25. The lowest BCUT2D eigenvalue weighted by Gasteiger charge is -2.25. The molecule has 1 aromatic heterocycles. The molecule has 0 spiro atoms. The minimum atomic E-state index is -3.95. The molecule has 0 saturated carbocycles. The van der Waals surface area contributed by atoms with E-state index in [0.29, 0.717) is 37.3 Å². The number of morpholine rings is 1. The molecule has 0 unspecified atom stereocenters. The van der Waals surface area contributed by atoms with Crippen molar-refractivity contribution in [2.24, 2.45) is 0 Å². The second-order valence-corrected chi connectivity index (χ2v) is 7.89. The summed E-state index contributed by atoms with van der Waals surface area (Å²) in [5.74, 6) is -0.816. The monoisotopic (exact) mass is 405 g/mol. The molecule has 1 aliphatic rings. The summed E-state index contributed by atoms with van der Waals surface area (Å²) in [6, 6.07) is 9.07. The van der Waals surface area contributed by atoms with Crippen molar-refractivity contribution in [1.82, 2.24) is 10.1 Å². The van der Waals surface area contributed by atoms with Gasteiger partial charge in [-0.3, -0.25) is 9.52 Å². The highest BCUT2D eigenvalue weighted by atomic mass is 32.2. The van der Waals surface area contributed by atoms with E-state index in [1.165, 1.54) is 30.3 Å². The number of nitrogens with one attached hydrogen (secondary N) is 1. The second kappa shape index (κ2) is 7.21. The second-order valence-electron chi connectivity index (χ2n) is 6.21. The van der Waals surface area contributed by atoms with E-state index in [2.05, 4.69) is 9.88 Å². The predicted molar refractivity (Wildman–Crippen MR) is 97.9 cm³/mol. The summed E-state index contributed by atoms with van der Waals surface area (Å²) in [5, 5.41) is 4.13. The van der Waals surface area contributed by atoms with Gasteiger partial charge in [0.15, 0.2) is 11.3 Å². The van der Waals surface area contributed by atoms with Crippen molar-refractivity contribution in [3.63, 3.8) is 0 Å². The zero-order chi connectivity index (χ0) is 19.7. The molecule has 8 nitrogen and oxygen atoms in total. The molecule has 3 aromatic rings. The van der Waals surface area contributed by atoms with E-state index in [1.807, 2.05) is 0 Å². The number of amides is 1. The maximum atomic E-state index is 13.0. The highest BCUT2D eigenvalue weighted by molar-refractivity contribution is 7.92. The summed E-state index contributed by atoms with van der Waals surface area (Å²) < 4.78 is 51.1. The SMILES string of the molecule is O=C(c1noc2ccc(S(=O)(=O)Nc3ccc(F)cc3)cc12)N1CCOCC1. The number of ether oxygens (including phenoxy) is 1. The average molecular weight is 405 g/mol. The topological polar surface area (TPSA) is 102 Å². The van der Waals surface area contributed by atoms with E-state index in [-0.39, 0.29) is 22.2 Å². The van der Waals surface area contributed by atoms with Gasteiger partial charge in [-0.1, -0.05) is 5.16 Å². The minimum absolute atomic E-state index is 0.0516. The number of benzene rings is 2. The van der Waals surface area contributed by atoms with Crippen LogP contribution in [0.2, 0.25) is 0 Å². The van der Waals surface area contributed by atoms with Gasteiger partial charge in [0.05, 0.1) is 23.5 Å². The van der Waals surface area contributed by atoms with E-state index in [0.717, 1.165) is 12.1 Å². The van der Waals surface area contributed by atoms with Crippen molar-refractivity contribution in [3.8, 4) is 0 Å². The molecule has 1 saturated heterocycles. The van der Waals surface area contributed by atoms with Crippen LogP contribution in [0.5, 0.6) is 0 Å². The number of carbonyl (C=O) groups is 1. The van der Waals surface area contributed by atoms with Gasteiger partial charge < -0.3 is 14.2 Å². The number of hydrogen-bond donors (Lipinski definition) is 1. The Labute approximate surface area is 159 Å². The molecule has 146 valence electrons. The molecule has 1 aliphatic heterocycles. The first-order chi connectivity index (χ1) is 13.4. The van der Waals surface area contributed by atoms with Crippen molar-refractivity contribution in [2.75, 3.05) is 31.0 Å². The highest BCUT2D eigenvalue weighted by Crippen LogP contribution is 2.25. The molecule has 0 atom stereocenters. The minimum Gasteiger partial charge on any atom is -0.378 e. The van der Waals surface area contributed by atoms with Gasteiger partial charge in [0, 0.05) is 18.8 Å². The van der Waals surface area contributed by atoms with Crippen LogP contribution in [0.4, 0.5) is 10.1 Å².